The van der Waals surface area contributed by atoms with Crippen LogP contribution in [0.4, 0.5) is 8.78 Å². The van der Waals surface area contributed by atoms with Gasteiger partial charge in [-0.3, -0.25) is 0 Å². The molecule has 0 aromatic rings. The van der Waals surface area contributed by atoms with Crippen LogP contribution in [0, 0.1) is 11.3 Å². The molecular weight excluding hydrogens is 134 g/mol. The van der Waals surface area contributed by atoms with Crippen molar-refractivity contribution in [3.8, 4) is 0 Å². The average Bonchev–Trinajstić information content (AvgIpc) is 2.30. The maximum absolute atomic E-state index is 12.5. The van der Waals surface area contributed by atoms with Crippen molar-refractivity contribution in [2.45, 2.75) is 38.5 Å². The molecular formula is C8H12F2. The van der Waals surface area contributed by atoms with Crippen molar-refractivity contribution in [1.29, 1.82) is 0 Å². The first-order chi connectivity index (χ1) is 4.60. The maximum atomic E-state index is 12.5. The molecule has 0 N–H and O–H groups in total. The van der Waals surface area contributed by atoms with Crippen molar-refractivity contribution in [3.63, 3.8) is 0 Å². The van der Waals surface area contributed by atoms with Gasteiger partial charge in [-0.25, -0.2) is 8.78 Å². The van der Waals surface area contributed by atoms with Crippen LogP contribution in [0.25, 0.3) is 0 Å². The first-order valence-corrected chi connectivity index (χ1v) is 3.97. The van der Waals surface area contributed by atoms with E-state index in [1.165, 1.54) is 0 Å². The van der Waals surface area contributed by atoms with Crippen LogP contribution >= 0.6 is 0 Å². The lowest BCUT2D eigenvalue weighted by Gasteiger charge is -2.35. The summed E-state index contributed by atoms with van der Waals surface area (Å²) in [5, 5.41) is 0. The molecule has 0 unspecified atom stereocenters. The molecule has 2 saturated carbocycles. The Bertz CT molecular complexity index is 157. The predicted molar refractivity (Wildman–Crippen MR) is 35.0 cm³/mol. The molecule has 0 bridgehead atoms. The fourth-order valence-electron chi connectivity index (χ4n) is 2.16. The van der Waals surface area contributed by atoms with Gasteiger partial charge in [-0.05, 0) is 18.8 Å². The average molecular weight is 146 g/mol. The van der Waals surface area contributed by atoms with Gasteiger partial charge in [-0.1, -0.05) is 13.3 Å². The molecule has 0 aliphatic heterocycles. The van der Waals surface area contributed by atoms with E-state index in [4.69, 9.17) is 0 Å². The van der Waals surface area contributed by atoms with Crippen molar-refractivity contribution in [2.24, 2.45) is 11.3 Å². The van der Waals surface area contributed by atoms with Crippen LogP contribution in [-0.4, -0.2) is 5.92 Å². The molecule has 10 heavy (non-hydrogen) atoms. The van der Waals surface area contributed by atoms with Gasteiger partial charge in [0.05, 0.1) is 0 Å². The first kappa shape index (κ1) is 6.56. The highest BCUT2D eigenvalue weighted by Gasteiger charge is 2.74. The Balaban J connectivity index is 1.92. The normalized spacial score (nSPS) is 48.9. The van der Waals surface area contributed by atoms with Crippen molar-refractivity contribution in [3.05, 3.63) is 0 Å². The fraction of sp³-hybridized carbons (Fsp3) is 1.00. The van der Waals surface area contributed by atoms with E-state index in [1.807, 2.05) is 0 Å². The molecule has 2 rings (SSSR count). The third-order valence-electron chi connectivity index (χ3n) is 3.15. The highest BCUT2D eigenvalue weighted by atomic mass is 19.3. The Kier molecular flexibility index (Phi) is 1.01. The lowest BCUT2D eigenvalue weighted by molar-refractivity contribution is 0.000978. The monoisotopic (exact) mass is 146 g/mol. The molecule has 58 valence electrons. The Hall–Kier alpha value is -0.140. The molecule has 0 saturated heterocycles. The largest absolute Gasteiger partial charge is 0.254 e. The van der Waals surface area contributed by atoms with Crippen LogP contribution in [0.15, 0.2) is 0 Å². The summed E-state index contributed by atoms with van der Waals surface area (Å²) in [6.45, 7) is 2.08. The molecule has 0 nitrogen and oxygen atoms in total. The van der Waals surface area contributed by atoms with Gasteiger partial charge in [-0.2, -0.15) is 0 Å². The minimum Gasteiger partial charge on any atom is -0.206 e. The molecule has 2 aliphatic carbocycles. The molecule has 2 fully saturated rings. The summed E-state index contributed by atoms with van der Waals surface area (Å²) in [5.74, 6) is -1.67. The minimum absolute atomic E-state index is 0.177. The van der Waals surface area contributed by atoms with Gasteiger partial charge in [0, 0.05) is 11.8 Å². The first-order valence-electron chi connectivity index (χ1n) is 3.97. The quantitative estimate of drug-likeness (QED) is 0.533. The van der Waals surface area contributed by atoms with Gasteiger partial charge in [0.25, 0.3) is 5.92 Å². The van der Waals surface area contributed by atoms with E-state index in [0.717, 1.165) is 19.3 Å². The molecule has 0 amide bonds. The van der Waals surface area contributed by atoms with Crippen molar-refractivity contribution in [1.82, 2.24) is 0 Å². The Labute approximate surface area is 59.6 Å². The Morgan fingerprint density at radius 1 is 1.40 bits per heavy atom. The summed E-state index contributed by atoms with van der Waals surface area (Å²) in [6, 6.07) is 0. The second-order valence-corrected chi connectivity index (χ2v) is 3.84. The highest BCUT2D eigenvalue weighted by Crippen LogP contribution is 2.73. The second kappa shape index (κ2) is 1.54. The highest BCUT2D eigenvalue weighted by molar-refractivity contribution is 5.16. The molecule has 2 heteroatoms. The molecule has 0 aromatic heterocycles. The van der Waals surface area contributed by atoms with Gasteiger partial charge in [-0.15, -0.1) is 0 Å². The van der Waals surface area contributed by atoms with Crippen molar-refractivity contribution >= 4 is 0 Å². The van der Waals surface area contributed by atoms with Gasteiger partial charge in [0.2, 0.25) is 0 Å². The Morgan fingerprint density at radius 2 is 1.90 bits per heavy atom. The van der Waals surface area contributed by atoms with Crippen LogP contribution in [0.2, 0.25) is 0 Å². The van der Waals surface area contributed by atoms with E-state index >= 15 is 0 Å². The van der Waals surface area contributed by atoms with Gasteiger partial charge in [0.1, 0.15) is 0 Å². The summed E-state index contributed by atoms with van der Waals surface area (Å²) < 4.78 is 25.1. The van der Waals surface area contributed by atoms with E-state index in [2.05, 4.69) is 6.92 Å². The summed E-state index contributed by atoms with van der Waals surface area (Å²) in [5.41, 5.74) is -0.492. The lowest BCUT2D eigenvalue weighted by atomic mass is 9.70. The zero-order valence-corrected chi connectivity index (χ0v) is 6.16. The summed E-state index contributed by atoms with van der Waals surface area (Å²) in [6.07, 6.45) is 2.83. The third-order valence-corrected chi connectivity index (χ3v) is 3.15. The van der Waals surface area contributed by atoms with Crippen LogP contribution in [0.1, 0.15) is 32.6 Å². The van der Waals surface area contributed by atoms with E-state index in [1.54, 1.807) is 0 Å². The number of rotatable bonds is 1. The summed E-state index contributed by atoms with van der Waals surface area (Å²) in [4.78, 5) is 0. The molecule has 0 atom stereocenters. The molecule has 2 aliphatic rings. The molecule has 0 heterocycles. The minimum atomic E-state index is -2.28. The SMILES string of the molecule is CC[C@H]1C[C@@]2(CC2(F)F)C1. The number of halogens is 2. The van der Waals surface area contributed by atoms with E-state index in [9.17, 15) is 8.78 Å². The van der Waals surface area contributed by atoms with Crippen LogP contribution in [-0.2, 0) is 0 Å². The van der Waals surface area contributed by atoms with Crippen molar-refractivity contribution < 1.29 is 8.78 Å². The maximum Gasteiger partial charge on any atom is 0.254 e. The summed E-state index contributed by atoms with van der Waals surface area (Å²) >= 11 is 0. The number of hydrogen-bond donors (Lipinski definition) is 0. The van der Waals surface area contributed by atoms with Crippen molar-refractivity contribution in [2.75, 3.05) is 0 Å². The standard InChI is InChI=1S/C8H12F2/c1-2-6-3-7(4-6)5-8(7,9)10/h6H,2-5H2,1H3/t6-,7-. The second-order valence-electron chi connectivity index (χ2n) is 3.84. The molecule has 0 aromatic carbocycles. The number of hydrogen-bond acceptors (Lipinski definition) is 0. The smallest absolute Gasteiger partial charge is 0.206 e. The van der Waals surface area contributed by atoms with Gasteiger partial charge >= 0.3 is 0 Å². The molecule has 0 radical (unpaired) electrons. The predicted octanol–water partition coefficient (Wildman–Crippen LogP) is 2.83. The third kappa shape index (κ3) is 0.599. The van der Waals surface area contributed by atoms with Crippen LogP contribution < -0.4 is 0 Å². The van der Waals surface area contributed by atoms with E-state index in [-0.39, 0.29) is 6.42 Å². The van der Waals surface area contributed by atoms with E-state index < -0.39 is 11.3 Å². The lowest BCUT2D eigenvalue weighted by Crippen LogP contribution is -2.29. The summed E-state index contributed by atoms with van der Waals surface area (Å²) in [7, 11) is 0. The zero-order chi connectivity index (χ0) is 7.41. The molecule has 1 spiro atoms. The van der Waals surface area contributed by atoms with Gasteiger partial charge < -0.3 is 0 Å². The van der Waals surface area contributed by atoms with E-state index in [0.29, 0.717) is 5.92 Å². The number of alkyl halides is 2. The Morgan fingerprint density at radius 3 is 2.20 bits per heavy atom. The fourth-order valence-corrected chi connectivity index (χ4v) is 2.16. The topological polar surface area (TPSA) is 0 Å². The van der Waals surface area contributed by atoms with Crippen LogP contribution in [0.5, 0.6) is 0 Å². The van der Waals surface area contributed by atoms with Crippen LogP contribution in [0.3, 0.4) is 0 Å². The van der Waals surface area contributed by atoms with Gasteiger partial charge in [0.15, 0.2) is 0 Å². The zero-order valence-electron chi connectivity index (χ0n) is 6.16.